The molecule has 4 aromatic carbocycles. The van der Waals surface area contributed by atoms with E-state index in [0.29, 0.717) is 12.6 Å². The summed E-state index contributed by atoms with van der Waals surface area (Å²) in [5, 5.41) is 10.8. The van der Waals surface area contributed by atoms with Crippen molar-refractivity contribution < 1.29 is 22.8 Å². The summed E-state index contributed by atoms with van der Waals surface area (Å²) in [5.74, 6) is 1.02. The van der Waals surface area contributed by atoms with Gasteiger partial charge in [-0.15, -0.1) is 0 Å². The van der Waals surface area contributed by atoms with E-state index in [4.69, 9.17) is 9.29 Å². The maximum absolute atomic E-state index is 10.8. The zero-order valence-corrected chi connectivity index (χ0v) is 28.4. The molecule has 1 fully saturated rings. The van der Waals surface area contributed by atoms with Crippen LogP contribution >= 0.6 is 0 Å². The average molecular weight is 642 g/mol. The lowest BCUT2D eigenvalue weighted by Gasteiger charge is -2.54. The van der Waals surface area contributed by atoms with E-state index in [9.17, 15) is 13.5 Å². The summed E-state index contributed by atoms with van der Waals surface area (Å²) in [4.78, 5) is 2.46. The number of aliphatic hydroxyl groups excluding tert-OH is 1. The van der Waals surface area contributed by atoms with Crippen molar-refractivity contribution in [2.45, 2.75) is 87.9 Å². The standard InChI is InChI=1S/C32H39NO2.C7H8O3S/c1-31(2,3)25-17-15-23(16-18-25)28(34)13-9-21-33(4)30-19-20-32(30)26-11-6-5-10-24(26)22-35-29-14-8-7-12-27(29)32;1-6-2-4-7(5-3-6)11(8,9)10/h5-8,10-12,14-18,28,30,34H,9,13,19-22H2,1-4H3;2-5H,1H3,(H,8,9,10). The Balaban J connectivity index is 0.000000322. The molecule has 1 aliphatic heterocycles. The first-order valence-electron chi connectivity index (χ1n) is 16.1. The first kappa shape index (κ1) is 33.9. The molecule has 244 valence electrons. The van der Waals surface area contributed by atoms with Crippen LogP contribution < -0.4 is 4.74 Å². The molecule has 7 heteroatoms. The number of likely N-dealkylation sites (N-methyl/N-ethyl adjacent to an activating group) is 1. The molecule has 1 spiro atoms. The van der Waals surface area contributed by atoms with Crippen molar-refractivity contribution in [3.8, 4) is 5.75 Å². The zero-order chi connectivity index (χ0) is 33.1. The fraction of sp³-hybridized carbons (Fsp3) is 0.385. The normalized spacial score (nSPS) is 19.5. The molecule has 1 heterocycles. The second kappa shape index (κ2) is 13.7. The number of benzene rings is 4. The van der Waals surface area contributed by atoms with E-state index in [0.717, 1.165) is 42.7 Å². The maximum atomic E-state index is 10.8. The summed E-state index contributed by atoms with van der Waals surface area (Å²) in [6.07, 6.45) is 3.64. The fourth-order valence-corrected chi connectivity index (χ4v) is 7.38. The monoisotopic (exact) mass is 641 g/mol. The van der Waals surface area contributed by atoms with Gasteiger partial charge in [0.25, 0.3) is 10.1 Å². The second-order valence-electron chi connectivity index (χ2n) is 13.8. The van der Waals surface area contributed by atoms with Crippen molar-refractivity contribution in [1.82, 2.24) is 4.90 Å². The van der Waals surface area contributed by atoms with Gasteiger partial charge in [-0.2, -0.15) is 8.42 Å². The molecular weight excluding hydrogens is 594 g/mol. The predicted octanol–water partition coefficient (Wildman–Crippen LogP) is 8.01. The van der Waals surface area contributed by atoms with Gasteiger partial charge in [0.15, 0.2) is 0 Å². The maximum Gasteiger partial charge on any atom is 0.294 e. The van der Waals surface area contributed by atoms with E-state index >= 15 is 0 Å². The number of aliphatic hydroxyl groups is 1. The molecule has 6 nitrogen and oxygen atoms in total. The van der Waals surface area contributed by atoms with Crippen molar-refractivity contribution in [1.29, 1.82) is 0 Å². The summed E-state index contributed by atoms with van der Waals surface area (Å²) >= 11 is 0. The SMILES string of the molecule is CN(CCCC(O)c1ccc(C(C)(C)C)cc1)C1CCC12c1ccccc1COc1ccccc12.Cc1ccc(S(=O)(=O)O)cc1. The van der Waals surface area contributed by atoms with Crippen molar-refractivity contribution >= 4 is 10.1 Å². The molecule has 2 aliphatic rings. The van der Waals surface area contributed by atoms with Crippen LogP contribution in [0.1, 0.15) is 85.9 Å². The van der Waals surface area contributed by atoms with E-state index in [2.05, 4.69) is 106 Å². The molecule has 0 aromatic heterocycles. The molecule has 4 aromatic rings. The van der Waals surface area contributed by atoms with Crippen LogP contribution in [0.3, 0.4) is 0 Å². The minimum absolute atomic E-state index is 0.0279. The van der Waals surface area contributed by atoms with Crippen LogP contribution in [-0.2, 0) is 27.6 Å². The van der Waals surface area contributed by atoms with Gasteiger partial charge in [0, 0.05) is 17.0 Å². The molecule has 1 aliphatic carbocycles. The van der Waals surface area contributed by atoms with Crippen molar-refractivity contribution in [2.75, 3.05) is 13.6 Å². The number of hydrogen-bond donors (Lipinski definition) is 2. The summed E-state index contributed by atoms with van der Waals surface area (Å²) in [6.45, 7) is 10.1. The molecule has 3 unspecified atom stereocenters. The van der Waals surface area contributed by atoms with E-state index < -0.39 is 16.2 Å². The summed E-state index contributed by atoms with van der Waals surface area (Å²) in [5.41, 5.74) is 7.43. The number of fused-ring (bicyclic) bond motifs is 4. The lowest BCUT2D eigenvalue weighted by Crippen LogP contribution is -2.58. The number of nitrogens with zero attached hydrogens (tertiary/aromatic N) is 1. The van der Waals surface area contributed by atoms with Gasteiger partial charge in [0.1, 0.15) is 12.4 Å². The van der Waals surface area contributed by atoms with Gasteiger partial charge in [-0.05, 0) is 92.1 Å². The Labute approximate surface area is 274 Å². The summed E-state index contributed by atoms with van der Waals surface area (Å²) < 4.78 is 35.8. The Hall–Kier alpha value is -3.49. The Kier molecular flexibility index (Phi) is 10.1. The quantitative estimate of drug-likeness (QED) is 0.199. The molecule has 0 bridgehead atoms. The largest absolute Gasteiger partial charge is 0.489 e. The van der Waals surface area contributed by atoms with E-state index in [-0.39, 0.29) is 15.7 Å². The summed E-state index contributed by atoms with van der Waals surface area (Å²) in [6, 6.07) is 32.4. The lowest BCUT2D eigenvalue weighted by atomic mass is 9.55. The number of rotatable bonds is 7. The Morgan fingerprint density at radius 3 is 2.15 bits per heavy atom. The highest BCUT2D eigenvalue weighted by Crippen LogP contribution is 2.55. The highest BCUT2D eigenvalue weighted by molar-refractivity contribution is 7.85. The Bertz CT molecular complexity index is 1680. The average Bonchev–Trinajstić information content (AvgIpc) is 3.16. The molecule has 0 radical (unpaired) electrons. The number of para-hydroxylation sites is 1. The molecular formula is C39H47NO5S. The lowest BCUT2D eigenvalue weighted by molar-refractivity contribution is 0.0701. The Morgan fingerprint density at radius 2 is 1.54 bits per heavy atom. The van der Waals surface area contributed by atoms with Gasteiger partial charge in [0.2, 0.25) is 0 Å². The van der Waals surface area contributed by atoms with Crippen LogP contribution in [0.25, 0.3) is 0 Å². The van der Waals surface area contributed by atoms with Gasteiger partial charge < -0.3 is 14.7 Å². The number of aryl methyl sites for hydroxylation is 1. The zero-order valence-electron chi connectivity index (χ0n) is 27.6. The molecule has 3 atom stereocenters. The predicted molar refractivity (Wildman–Crippen MR) is 184 cm³/mol. The highest BCUT2D eigenvalue weighted by Gasteiger charge is 2.53. The van der Waals surface area contributed by atoms with E-state index in [1.807, 2.05) is 6.92 Å². The third-order valence-electron chi connectivity index (χ3n) is 9.63. The van der Waals surface area contributed by atoms with Crippen LogP contribution in [-0.4, -0.2) is 42.6 Å². The highest BCUT2D eigenvalue weighted by atomic mass is 32.2. The molecule has 0 saturated heterocycles. The molecule has 0 amide bonds. The topological polar surface area (TPSA) is 87.1 Å². The third-order valence-corrected chi connectivity index (χ3v) is 10.5. The van der Waals surface area contributed by atoms with Crippen LogP contribution in [0.15, 0.2) is 102 Å². The van der Waals surface area contributed by atoms with Crippen LogP contribution in [0.4, 0.5) is 0 Å². The molecule has 46 heavy (non-hydrogen) atoms. The van der Waals surface area contributed by atoms with Crippen molar-refractivity contribution in [2.24, 2.45) is 0 Å². The molecule has 1 saturated carbocycles. The second-order valence-corrected chi connectivity index (χ2v) is 15.2. The fourth-order valence-electron chi connectivity index (χ4n) is 6.90. The minimum Gasteiger partial charge on any atom is -0.489 e. The smallest absolute Gasteiger partial charge is 0.294 e. The number of ether oxygens (including phenoxy) is 1. The van der Waals surface area contributed by atoms with E-state index in [1.165, 1.54) is 40.8 Å². The van der Waals surface area contributed by atoms with Gasteiger partial charge in [-0.25, -0.2) is 0 Å². The van der Waals surface area contributed by atoms with Gasteiger partial charge in [0.05, 0.1) is 11.0 Å². The molecule has 2 N–H and O–H groups in total. The first-order chi connectivity index (χ1) is 21.8. The first-order valence-corrected chi connectivity index (χ1v) is 17.6. The molecule has 6 rings (SSSR count). The van der Waals surface area contributed by atoms with Gasteiger partial charge >= 0.3 is 0 Å². The van der Waals surface area contributed by atoms with Crippen LogP contribution in [0.2, 0.25) is 0 Å². The van der Waals surface area contributed by atoms with Gasteiger partial charge in [-0.3, -0.25) is 4.55 Å². The van der Waals surface area contributed by atoms with Crippen molar-refractivity contribution in [3.63, 3.8) is 0 Å². The summed E-state index contributed by atoms with van der Waals surface area (Å²) in [7, 11) is -1.76. The van der Waals surface area contributed by atoms with Crippen LogP contribution in [0.5, 0.6) is 5.75 Å². The van der Waals surface area contributed by atoms with E-state index in [1.54, 1.807) is 12.1 Å². The van der Waals surface area contributed by atoms with Crippen LogP contribution in [0, 0.1) is 6.92 Å². The van der Waals surface area contributed by atoms with Crippen molar-refractivity contribution in [3.05, 3.63) is 130 Å². The minimum atomic E-state index is -4.02. The number of hydrogen-bond acceptors (Lipinski definition) is 5. The van der Waals surface area contributed by atoms with Gasteiger partial charge in [-0.1, -0.05) is 105 Å². The third kappa shape index (κ3) is 7.23. The Morgan fingerprint density at radius 1 is 0.913 bits per heavy atom.